The molecule has 2 aromatic carbocycles. The number of methoxy groups -OCH3 is 1. The molecule has 0 saturated heterocycles. The van der Waals surface area contributed by atoms with Gasteiger partial charge in [-0.25, -0.2) is 4.39 Å². The Morgan fingerprint density at radius 3 is 2.54 bits per heavy atom. The van der Waals surface area contributed by atoms with Crippen LogP contribution in [0.15, 0.2) is 47.4 Å². The quantitative estimate of drug-likeness (QED) is 0.577. The average molecular weight is 381 g/mol. The smallest absolute Gasteiger partial charge is 0.200 e. The van der Waals surface area contributed by atoms with Gasteiger partial charge in [0.1, 0.15) is 17.3 Å². The molecule has 1 heterocycles. The molecule has 0 N–H and O–H groups in total. The van der Waals surface area contributed by atoms with E-state index in [1.807, 2.05) is 29.8 Å². The largest absolute Gasteiger partial charge is 0.497 e. The molecule has 4 rings (SSSR count). The Morgan fingerprint density at radius 2 is 1.89 bits per heavy atom. The van der Waals surface area contributed by atoms with E-state index in [1.54, 1.807) is 25.3 Å². The van der Waals surface area contributed by atoms with Gasteiger partial charge in [0, 0.05) is 18.3 Å². The molecule has 0 unspecified atom stereocenters. The second-order valence-electron chi connectivity index (χ2n) is 7.31. The topological polar surface area (TPSA) is 40.5 Å². The summed E-state index contributed by atoms with van der Waals surface area (Å²) < 4.78 is 27.9. The highest BCUT2D eigenvalue weighted by molar-refractivity contribution is 5.89. The number of ether oxygens (including phenoxy) is 2. The van der Waals surface area contributed by atoms with E-state index in [-0.39, 0.29) is 10.8 Å². The fraction of sp³-hybridized carbons (Fsp3) is 0.348. The molecule has 0 atom stereocenters. The lowest BCUT2D eigenvalue weighted by molar-refractivity contribution is 0.319. The Bertz CT molecular complexity index is 1050. The van der Waals surface area contributed by atoms with Crippen molar-refractivity contribution in [3.63, 3.8) is 0 Å². The maximum Gasteiger partial charge on any atom is 0.200 e. The molecule has 1 saturated carbocycles. The number of benzene rings is 2. The molecule has 3 aromatic rings. The van der Waals surface area contributed by atoms with E-state index in [1.165, 1.54) is 6.07 Å². The third-order valence-electron chi connectivity index (χ3n) is 5.15. The van der Waals surface area contributed by atoms with E-state index in [0.717, 1.165) is 31.4 Å². The van der Waals surface area contributed by atoms with Gasteiger partial charge in [0.2, 0.25) is 0 Å². The summed E-state index contributed by atoms with van der Waals surface area (Å²) in [7, 11) is 1.60. The van der Waals surface area contributed by atoms with Crippen molar-refractivity contribution >= 4 is 10.9 Å². The van der Waals surface area contributed by atoms with E-state index in [9.17, 15) is 9.18 Å². The van der Waals surface area contributed by atoms with Gasteiger partial charge in [0.05, 0.1) is 24.6 Å². The summed E-state index contributed by atoms with van der Waals surface area (Å²) in [4.78, 5) is 13.2. The number of rotatable bonds is 7. The molecule has 1 aromatic heterocycles. The number of hydrogen-bond acceptors (Lipinski definition) is 3. The van der Waals surface area contributed by atoms with Crippen molar-refractivity contribution in [3.8, 4) is 22.6 Å². The third-order valence-corrected chi connectivity index (χ3v) is 5.15. The van der Waals surface area contributed by atoms with E-state index in [0.29, 0.717) is 35.1 Å². The van der Waals surface area contributed by atoms with Gasteiger partial charge in [-0.15, -0.1) is 0 Å². The summed E-state index contributed by atoms with van der Waals surface area (Å²) in [5, 5.41) is 0.0996. The highest BCUT2D eigenvalue weighted by Gasteiger charge is 2.25. The molecule has 0 bridgehead atoms. The monoisotopic (exact) mass is 381 g/mol. The Labute approximate surface area is 163 Å². The molecule has 1 aliphatic carbocycles. The minimum atomic E-state index is -0.510. The summed E-state index contributed by atoms with van der Waals surface area (Å²) in [5.74, 6) is 1.34. The molecule has 4 nitrogen and oxygen atoms in total. The fourth-order valence-corrected chi connectivity index (χ4v) is 3.49. The van der Waals surface area contributed by atoms with Crippen molar-refractivity contribution in [2.75, 3.05) is 13.7 Å². The first-order valence-electron chi connectivity index (χ1n) is 9.75. The lowest BCUT2D eigenvalue weighted by Crippen LogP contribution is -2.15. The van der Waals surface area contributed by atoms with Crippen molar-refractivity contribution in [1.82, 2.24) is 4.57 Å². The fourth-order valence-electron chi connectivity index (χ4n) is 3.49. The van der Waals surface area contributed by atoms with Gasteiger partial charge in [0.25, 0.3) is 0 Å². The standard InChI is InChI=1S/C23H24FNO3/c1-3-12-28-20-11-10-19(24)21-22(20)25(13-15-4-5-15)14-18(23(21)26)16-6-8-17(27-2)9-7-16/h6-11,14-15H,3-5,12-13H2,1-2H3. The predicted molar refractivity (Wildman–Crippen MR) is 109 cm³/mol. The minimum Gasteiger partial charge on any atom is -0.497 e. The van der Waals surface area contributed by atoms with Crippen LogP contribution in [0.2, 0.25) is 0 Å². The SMILES string of the molecule is CCCOc1ccc(F)c2c(=O)c(-c3ccc(OC)cc3)cn(CC3CC3)c12. The summed E-state index contributed by atoms with van der Waals surface area (Å²) in [5.41, 5.74) is 1.48. The van der Waals surface area contributed by atoms with Crippen LogP contribution in [0.5, 0.6) is 11.5 Å². The zero-order chi connectivity index (χ0) is 19.7. The first-order chi connectivity index (χ1) is 13.6. The number of pyridine rings is 1. The zero-order valence-electron chi connectivity index (χ0n) is 16.2. The van der Waals surface area contributed by atoms with Crippen LogP contribution in [0.4, 0.5) is 4.39 Å². The predicted octanol–water partition coefficient (Wildman–Crippen LogP) is 5.02. The third kappa shape index (κ3) is 3.49. The van der Waals surface area contributed by atoms with E-state index >= 15 is 0 Å². The molecule has 0 amide bonds. The van der Waals surface area contributed by atoms with Crippen LogP contribution in [0.1, 0.15) is 26.2 Å². The number of nitrogens with zero attached hydrogens (tertiary/aromatic N) is 1. The molecule has 28 heavy (non-hydrogen) atoms. The molecule has 146 valence electrons. The molecule has 0 aliphatic heterocycles. The van der Waals surface area contributed by atoms with Crippen molar-refractivity contribution in [2.24, 2.45) is 5.92 Å². The summed E-state index contributed by atoms with van der Waals surface area (Å²) in [6, 6.07) is 10.2. The highest BCUT2D eigenvalue weighted by Crippen LogP contribution is 2.35. The van der Waals surface area contributed by atoms with E-state index < -0.39 is 5.82 Å². The van der Waals surface area contributed by atoms with Crippen LogP contribution in [-0.4, -0.2) is 18.3 Å². The van der Waals surface area contributed by atoms with Gasteiger partial charge in [-0.05, 0) is 55.0 Å². The van der Waals surface area contributed by atoms with Crippen molar-refractivity contribution in [2.45, 2.75) is 32.7 Å². The van der Waals surface area contributed by atoms with Gasteiger partial charge >= 0.3 is 0 Å². The van der Waals surface area contributed by atoms with Crippen LogP contribution < -0.4 is 14.9 Å². The number of halogens is 1. The maximum absolute atomic E-state index is 14.8. The Balaban J connectivity index is 1.95. The van der Waals surface area contributed by atoms with Gasteiger partial charge in [-0.3, -0.25) is 4.79 Å². The normalized spacial score (nSPS) is 13.7. The molecule has 1 aliphatic rings. The second kappa shape index (κ2) is 7.66. The molecule has 0 radical (unpaired) electrons. The lowest BCUT2D eigenvalue weighted by atomic mass is 10.0. The van der Waals surface area contributed by atoms with Gasteiger partial charge in [-0.2, -0.15) is 0 Å². The summed E-state index contributed by atoms with van der Waals surface area (Å²) in [6.45, 7) is 3.30. The number of hydrogen-bond donors (Lipinski definition) is 0. The molecular weight excluding hydrogens is 357 g/mol. The number of fused-ring (bicyclic) bond motifs is 1. The van der Waals surface area contributed by atoms with Gasteiger partial charge < -0.3 is 14.0 Å². The maximum atomic E-state index is 14.8. The molecular formula is C23H24FNO3. The summed E-state index contributed by atoms with van der Waals surface area (Å²) >= 11 is 0. The Kier molecular flexibility index (Phi) is 5.07. The van der Waals surface area contributed by atoms with Gasteiger partial charge in [0.15, 0.2) is 5.43 Å². The lowest BCUT2D eigenvalue weighted by Gasteiger charge is -2.17. The summed E-state index contributed by atoms with van der Waals surface area (Å²) in [6.07, 6.45) is 5.01. The second-order valence-corrected chi connectivity index (χ2v) is 7.31. The highest BCUT2D eigenvalue weighted by atomic mass is 19.1. The molecule has 5 heteroatoms. The number of aromatic nitrogens is 1. The first kappa shape index (κ1) is 18.5. The van der Waals surface area contributed by atoms with Crippen LogP contribution in [0, 0.1) is 11.7 Å². The van der Waals surface area contributed by atoms with Crippen molar-refractivity contribution in [3.05, 3.63) is 58.6 Å². The van der Waals surface area contributed by atoms with Crippen LogP contribution >= 0.6 is 0 Å². The van der Waals surface area contributed by atoms with Crippen LogP contribution in [-0.2, 0) is 6.54 Å². The van der Waals surface area contributed by atoms with Crippen molar-refractivity contribution in [1.29, 1.82) is 0 Å². The molecule has 0 spiro atoms. The zero-order valence-corrected chi connectivity index (χ0v) is 16.2. The first-order valence-corrected chi connectivity index (χ1v) is 9.75. The van der Waals surface area contributed by atoms with Crippen LogP contribution in [0.3, 0.4) is 0 Å². The van der Waals surface area contributed by atoms with Crippen molar-refractivity contribution < 1.29 is 13.9 Å². The van der Waals surface area contributed by atoms with Gasteiger partial charge in [-0.1, -0.05) is 19.1 Å². The molecule has 1 fully saturated rings. The van der Waals surface area contributed by atoms with E-state index in [4.69, 9.17) is 9.47 Å². The average Bonchev–Trinajstić information content (AvgIpc) is 3.53. The minimum absolute atomic E-state index is 0.0996. The Morgan fingerprint density at radius 1 is 1.14 bits per heavy atom. The van der Waals surface area contributed by atoms with Crippen LogP contribution in [0.25, 0.3) is 22.0 Å². The Hall–Kier alpha value is -2.82. The van der Waals surface area contributed by atoms with E-state index in [2.05, 4.69) is 0 Å².